The summed E-state index contributed by atoms with van der Waals surface area (Å²) in [5, 5.41) is 3.42. The number of hydrogen-bond donors (Lipinski definition) is 1. The van der Waals surface area contributed by atoms with Gasteiger partial charge in [0.15, 0.2) is 0 Å². The zero-order chi connectivity index (χ0) is 9.26. The molecule has 0 aromatic rings. The van der Waals surface area contributed by atoms with Gasteiger partial charge in [-0.2, -0.15) is 0 Å². The van der Waals surface area contributed by atoms with Crippen LogP contribution < -0.4 is 5.32 Å². The first-order valence-corrected chi connectivity index (χ1v) is 4.80. The highest BCUT2D eigenvalue weighted by atomic mass is 16.5. The molecule has 0 radical (unpaired) electrons. The molecule has 0 unspecified atom stereocenters. The fourth-order valence-corrected chi connectivity index (χ4v) is 1.74. The number of nitrogens with one attached hydrogen (secondary N) is 1. The van der Waals surface area contributed by atoms with E-state index < -0.39 is 0 Å². The Bertz CT molecular complexity index is 297. The Morgan fingerprint density at radius 3 is 3.00 bits per heavy atom. The molecule has 0 amide bonds. The van der Waals surface area contributed by atoms with Crippen LogP contribution in [0.15, 0.2) is 35.4 Å². The molecule has 0 saturated carbocycles. The van der Waals surface area contributed by atoms with Gasteiger partial charge in [-0.15, -0.1) is 0 Å². The summed E-state index contributed by atoms with van der Waals surface area (Å²) in [6, 6.07) is 0.483. The van der Waals surface area contributed by atoms with E-state index in [0.29, 0.717) is 6.04 Å². The van der Waals surface area contributed by atoms with E-state index in [0.717, 1.165) is 18.6 Å². The first kappa shape index (κ1) is 8.42. The molecule has 2 aliphatic rings. The van der Waals surface area contributed by atoms with Crippen LogP contribution in [0.2, 0.25) is 0 Å². The summed E-state index contributed by atoms with van der Waals surface area (Å²) in [5.74, 6) is 1.05. The van der Waals surface area contributed by atoms with Gasteiger partial charge in [-0.3, -0.25) is 0 Å². The molecule has 2 nitrogen and oxygen atoms in total. The van der Waals surface area contributed by atoms with Crippen molar-refractivity contribution < 1.29 is 4.74 Å². The van der Waals surface area contributed by atoms with Crippen molar-refractivity contribution >= 4 is 0 Å². The molecule has 1 N–H and O–H groups in total. The molecular formula is C11H15NO. The van der Waals surface area contributed by atoms with Gasteiger partial charge in [0.1, 0.15) is 5.76 Å². The molecule has 1 aliphatic carbocycles. The lowest BCUT2D eigenvalue weighted by molar-refractivity contribution is 0.350. The van der Waals surface area contributed by atoms with E-state index in [1.54, 1.807) is 6.26 Å². The van der Waals surface area contributed by atoms with Crippen LogP contribution >= 0.6 is 0 Å². The Balaban J connectivity index is 2.20. The fourth-order valence-electron chi connectivity index (χ4n) is 1.74. The molecule has 70 valence electrons. The highest BCUT2D eigenvalue weighted by molar-refractivity contribution is 5.40. The maximum atomic E-state index is 5.48. The van der Waals surface area contributed by atoms with E-state index in [2.05, 4.69) is 25.2 Å². The molecule has 1 aliphatic heterocycles. The molecule has 0 bridgehead atoms. The third-order valence-corrected chi connectivity index (χ3v) is 2.23. The number of rotatable bonds is 2. The molecular weight excluding hydrogens is 162 g/mol. The molecule has 0 aromatic carbocycles. The van der Waals surface area contributed by atoms with Crippen molar-refractivity contribution in [3.63, 3.8) is 0 Å². The highest BCUT2D eigenvalue weighted by Gasteiger charge is 2.22. The van der Waals surface area contributed by atoms with Crippen LogP contribution in [0.4, 0.5) is 0 Å². The zero-order valence-electron chi connectivity index (χ0n) is 8.13. The number of ether oxygens (including phenoxy) is 1. The Kier molecular flexibility index (Phi) is 2.13. The maximum Gasteiger partial charge on any atom is 0.148 e. The quantitative estimate of drug-likeness (QED) is 0.699. The van der Waals surface area contributed by atoms with Gasteiger partial charge < -0.3 is 10.1 Å². The van der Waals surface area contributed by atoms with E-state index in [4.69, 9.17) is 4.74 Å². The van der Waals surface area contributed by atoms with E-state index in [1.165, 1.54) is 11.3 Å². The molecule has 0 atom stereocenters. The second-order valence-corrected chi connectivity index (χ2v) is 3.75. The molecule has 13 heavy (non-hydrogen) atoms. The van der Waals surface area contributed by atoms with Crippen LogP contribution in [-0.4, -0.2) is 6.04 Å². The van der Waals surface area contributed by atoms with E-state index >= 15 is 0 Å². The summed E-state index contributed by atoms with van der Waals surface area (Å²) < 4.78 is 5.48. The van der Waals surface area contributed by atoms with Crippen molar-refractivity contribution in [1.82, 2.24) is 5.32 Å². The Labute approximate surface area is 79.0 Å². The van der Waals surface area contributed by atoms with Crippen molar-refractivity contribution in [3.05, 3.63) is 35.4 Å². The minimum absolute atomic E-state index is 0.483. The van der Waals surface area contributed by atoms with Crippen molar-refractivity contribution in [2.75, 3.05) is 0 Å². The zero-order valence-corrected chi connectivity index (χ0v) is 8.13. The van der Waals surface area contributed by atoms with Gasteiger partial charge in [0, 0.05) is 6.04 Å². The molecule has 1 heterocycles. The van der Waals surface area contributed by atoms with Crippen molar-refractivity contribution in [3.8, 4) is 0 Å². The maximum absolute atomic E-state index is 5.48. The summed E-state index contributed by atoms with van der Waals surface area (Å²) in [5.41, 5.74) is 2.58. The largest absolute Gasteiger partial charge is 0.463 e. The SMILES string of the molecule is CC(C)NC1=C2OC=CC=C2CC1. The highest BCUT2D eigenvalue weighted by Crippen LogP contribution is 2.32. The first-order chi connectivity index (χ1) is 6.27. The molecule has 2 heteroatoms. The van der Waals surface area contributed by atoms with Crippen LogP contribution in [-0.2, 0) is 4.74 Å². The van der Waals surface area contributed by atoms with Crippen LogP contribution in [0, 0.1) is 0 Å². The lowest BCUT2D eigenvalue weighted by Gasteiger charge is -2.14. The number of hydrogen-bond acceptors (Lipinski definition) is 2. The third-order valence-electron chi connectivity index (χ3n) is 2.23. The molecule has 0 aromatic heterocycles. The Morgan fingerprint density at radius 2 is 2.23 bits per heavy atom. The van der Waals surface area contributed by atoms with E-state index in [-0.39, 0.29) is 0 Å². The van der Waals surface area contributed by atoms with Gasteiger partial charge in [0.2, 0.25) is 0 Å². The van der Waals surface area contributed by atoms with Crippen molar-refractivity contribution in [2.24, 2.45) is 0 Å². The molecule has 0 fully saturated rings. The number of fused-ring (bicyclic) bond motifs is 1. The third kappa shape index (κ3) is 1.62. The Hall–Kier alpha value is -1.18. The van der Waals surface area contributed by atoms with E-state index in [1.807, 2.05) is 6.08 Å². The predicted molar refractivity (Wildman–Crippen MR) is 52.8 cm³/mol. The van der Waals surface area contributed by atoms with Crippen LogP contribution in [0.3, 0.4) is 0 Å². The smallest absolute Gasteiger partial charge is 0.148 e. The van der Waals surface area contributed by atoms with Crippen LogP contribution in [0.1, 0.15) is 26.7 Å². The monoisotopic (exact) mass is 177 g/mol. The van der Waals surface area contributed by atoms with Crippen LogP contribution in [0.25, 0.3) is 0 Å². The fraction of sp³-hybridized carbons (Fsp3) is 0.455. The van der Waals surface area contributed by atoms with Gasteiger partial charge in [-0.05, 0) is 38.3 Å². The standard InChI is InChI=1S/C11H15NO/c1-8(2)12-10-6-5-9-4-3-7-13-11(9)10/h3-4,7-8,12H,5-6H2,1-2H3. The second kappa shape index (κ2) is 3.29. The summed E-state index contributed by atoms with van der Waals surface area (Å²) in [6.45, 7) is 4.29. The molecule has 0 spiro atoms. The predicted octanol–water partition coefficient (Wildman–Crippen LogP) is 2.46. The first-order valence-electron chi connectivity index (χ1n) is 4.80. The topological polar surface area (TPSA) is 21.3 Å². The molecule has 2 rings (SSSR count). The average Bonchev–Trinajstić information content (AvgIpc) is 2.48. The summed E-state index contributed by atoms with van der Waals surface area (Å²) in [4.78, 5) is 0. The normalized spacial score (nSPS) is 20.1. The summed E-state index contributed by atoms with van der Waals surface area (Å²) in [7, 11) is 0. The van der Waals surface area contributed by atoms with Gasteiger partial charge in [-0.1, -0.05) is 6.08 Å². The lowest BCUT2D eigenvalue weighted by atomic mass is 10.2. The van der Waals surface area contributed by atoms with Gasteiger partial charge in [0.05, 0.1) is 12.0 Å². The number of allylic oxidation sites excluding steroid dienone is 4. The lowest BCUT2D eigenvalue weighted by Crippen LogP contribution is -2.22. The minimum atomic E-state index is 0.483. The van der Waals surface area contributed by atoms with Crippen molar-refractivity contribution in [1.29, 1.82) is 0 Å². The van der Waals surface area contributed by atoms with Crippen LogP contribution in [0.5, 0.6) is 0 Å². The van der Waals surface area contributed by atoms with Gasteiger partial charge in [0.25, 0.3) is 0 Å². The van der Waals surface area contributed by atoms with E-state index in [9.17, 15) is 0 Å². The summed E-state index contributed by atoms with van der Waals surface area (Å²) >= 11 is 0. The molecule has 0 saturated heterocycles. The minimum Gasteiger partial charge on any atom is -0.463 e. The summed E-state index contributed by atoms with van der Waals surface area (Å²) in [6.07, 6.45) is 8.02. The average molecular weight is 177 g/mol. The van der Waals surface area contributed by atoms with Gasteiger partial charge in [-0.25, -0.2) is 0 Å². The van der Waals surface area contributed by atoms with Gasteiger partial charge >= 0.3 is 0 Å². The Morgan fingerprint density at radius 1 is 1.38 bits per heavy atom. The van der Waals surface area contributed by atoms with Crippen molar-refractivity contribution in [2.45, 2.75) is 32.7 Å². The second-order valence-electron chi connectivity index (χ2n) is 3.75.